The highest BCUT2D eigenvalue weighted by molar-refractivity contribution is 6.32. The van der Waals surface area contributed by atoms with Gasteiger partial charge in [0.1, 0.15) is 11.8 Å². The first-order chi connectivity index (χ1) is 12.8. The molecule has 2 aromatic carbocycles. The molecule has 0 aromatic heterocycles. The Kier molecular flexibility index (Phi) is 7.12. The topological polar surface area (TPSA) is 64.6 Å². The van der Waals surface area contributed by atoms with Gasteiger partial charge in [-0.2, -0.15) is 0 Å². The Labute approximate surface area is 160 Å². The molecule has 1 atom stereocenters. The number of amides is 1. The third kappa shape index (κ3) is 5.65. The average Bonchev–Trinajstić information content (AvgIpc) is 2.63. The van der Waals surface area contributed by atoms with Crippen LogP contribution in [0.1, 0.15) is 11.1 Å². The predicted molar refractivity (Wildman–Crippen MR) is 95.7 cm³/mol. The van der Waals surface area contributed by atoms with Gasteiger partial charge in [-0.15, -0.1) is 0 Å². The Balaban J connectivity index is 2.09. The van der Waals surface area contributed by atoms with E-state index in [2.05, 4.69) is 5.32 Å². The normalized spacial score (nSPS) is 11.6. The molecule has 8 heteroatoms. The number of esters is 1. The standard InChI is InChI=1S/C19H18ClF2NO4/c1-26-17-6-4-11(7-13(17)20)9-16(19(25)27-2)23-18(24)10-12-3-5-14(21)15(22)8-12/h3-8,16H,9-10H2,1-2H3,(H,23,24)/t16-/m0/s1. The summed E-state index contributed by atoms with van der Waals surface area (Å²) in [7, 11) is 2.69. The van der Waals surface area contributed by atoms with E-state index in [4.69, 9.17) is 21.1 Å². The minimum Gasteiger partial charge on any atom is -0.495 e. The van der Waals surface area contributed by atoms with Gasteiger partial charge in [0, 0.05) is 6.42 Å². The maximum Gasteiger partial charge on any atom is 0.328 e. The predicted octanol–water partition coefficient (Wildman–Crippen LogP) is 3.07. The van der Waals surface area contributed by atoms with E-state index in [9.17, 15) is 18.4 Å². The molecule has 0 bridgehead atoms. The van der Waals surface area contributed by atoms with Gasteiger partial charge in [0.25, 0.3) is 0 Å². The van der Waals surface area contributed by atoms with E-state index in [1.807, 2.05) is 0 Å². The van der Waals surface area contributed by atoms with Gasteiger partial charge >= 0.3 is 5.97 Å². The highest BCUT2D eigenvalue weighted by Crippen LogP contribution is 2.25. The fourth-order valence-electron chi connectivity index (χ4n) is 2.49. The second-order valence-electron chi connectivity index (χ2n) is 5.74. The molecule has 0 aliphatic rings. The first kappa shape index (κ1) is 20.6. The van der Waals surface area contributed by atoms with Crippen LogP contribution >= 0.6 is 11.6 Å². The number of carbonyl (C=O) groups is 2. The summed E-state index contributed by atoms with van der Waals surface area (Å²) in [5, 5.41) is 2.91. The van der Waals surface area contributed by atoms with Crippen LogP contribution in [-0.4, -0.2) is 32.1 Å². The maximum atomic E-state index is 13.3. The molecule has 2 rings (SSSR count). The van der Waals surface area contributed by atoms with Crippen molar-refractivity contribution in [2.45, 2.75) is 18.9 Å². The maximum absolute atomic E-state index is 13.3. The number of nitrogens with one attached hydrogen (secondary N) is 1. The molecule has 0 saturated carbocycles. The molecule has 0 unspecified atom stereocenters. The first-order valence-electron chi connectivity index (χ1n) is 7.97. The van der Waals surface area contributed by atoms with Crippen LogP contribution in [0.4, 0.5) is 8.78 Å². The van der Waals surface area contributed by atoms with Crippen LogP contribution in [0, 0.1) is 11.6 Å². The average molecular weight is 398 g/mol. The SMILES string of the molecule is COC(=O)[C@H](Cc1ccc(OC)c(Cl)c1)NC(=O)Cc1ccc(F)c(F)c1. The van der Waals surface area contributed by atoms with Gasteiger partial charge in [0.15, 0.2) is 11.6 Å². The summed E-state index contributed by atoms with van der Waals surface area (Å²) in [5.41, 5.74) is 0.965. The second kappa shape index (κ2) is 9.32. The quantitative estimate of drug-likeness (QED) is 0.729. The van der Waals surface area contributed by atoms with E-state index in [0.29, 0.717) is 16.3 Å². The van der Waals surface area contributed by atoms with Gasteiger partial charge in [0.05, 0.1) is 25.7 Å². The van der Waals surface area contributed by atoms with Gasteiger partial charge in [-0.3, -0.25) is 4.79 Å². The van der Waals surface area contributed by atoms with Gasteiger partial charge < -0.3 is 14.8 Å². The van der Waals surface area contributed by atoms with Crippen molar-refractivity contribution in [3.63, 3.8) is 0 Å². The van der Waals surface area contributed by atoms with Gasteiger partial charge in [-0.25, -0.2) is 13.6 Å². The zero-order chi connectivity index (χ0) is 20.0. The Bertz CT molecular complexity index is 844. The number of halogens is 3. The summed E-state index contributed by atoms with van der Waals surface area (Å²) in [6.07, 6.45) is -0.0754. The van der Waals surface area contributed by atoms with Crippen LogP contribution in [0.25, 0.3) is 0 Å². The van der Waals surface area contributed by atoms with Gasteiger partial charge in [-0.05, 0) is 35.4 Å². The monoisotopic (exact) mass is 397 g/mol. The molecular formula is C19H18ClF2NO4. The zero-order valence-corrected chi connectivity index (χ0v) is 15.5. The molecule has 0 fully saturated rings. The summed E-state index contributed by atoms with van der Waals surface area (Å²) in [6.45, 7) is 0. The molecule has 0 aliphatic heterocycles. The lowest BCUT2D eigenvalue weighted by molar-refractivity contribution is -0.145. The van der Waals surface area contributed by atoms with Crippen LogP contribution in [0.15, 0.2) is 36.4 Å². The van der Waals surface area contributed by atoms with Crippen molar-refractivity contribution >= 4 is 23.5 Å². The van der Waals surface area contributed by atoms with Gasteiger partial charge in [0.2, 0.25) is 5.91 Å². The van der Waals surface area contributed by atoms with E-state index >= 15 is 0 Å². The highest BCUT2D eigenvalue weighted by atomic mass is 35.5. The lowest BCUT2D eigenvalue weighted by Gasteiger charge is -2.17. The van der Waals surface area contributed by atoms with Crippen molar-refractivity contribution in [3.05, 3.63) is 64.2 Å². The summed E-state index contributed by atoms with van der Waals surface area (Å²) in [6, 6.07) is 7.20. The van der Waals surface area contributed by atoms with Crippen molar-refractivity contribution in [3.8, 4) is 5.75 Å². The molecule has 27 heavy (non-hydrogen) atoms. The van der Waals surface area contributed by atoms with Crippen LogP contribution in [0.3, 0.4) is 0 Å². The fraction of sp³-hybridized carbons (Fsp3) is 0.263. The third-order valence-corrected chi connectivity index (χ3v) is 4.12. The second-order valence-corrected chi connectivity index (χ2v) is 6.15. The van der Waals surface area contributed by atoms with Crippen molar-refractivity contribution in [1.29, 1.82) is 0 Å². The van der Waals surface area contributed by atoms with Gasteiger partial charge in [-0.1, -0.05) is 23.7 Å². The number of methoxy groups -OCH3 is 2. The van der Waals surface area contributed by atoms with Crippen molar-refractivity contribution in [1.82, 2.24) is 5.32 Å². The van der Waals surface area contributed by atoms with Crippen LogP contribution in [-0.2, 0) is 27.2 Å². The van der Waals surface area contributed by atoms with E-state index in [-0.39, 0.29) is 18.4 Å². The Morgan fingerprint density at radius 3 is 2.37 bits per heavy atom. The van der Waals surface area contributed by atoms with E-state index in [1.54, 1.807) is 18.2 Å². The minimum absolute atomic E-state index is 0.139. The van der Waals surface area contributed by atoms with Crippen LogP contribution in [0.5, 0.6) is 5.75 Å². The smallest absolute Gasteiger partial charge is 0.328 e. The molecule has 2 aromatic rings. The number of hydrogen-bond acceptors (Lipinski definition) is 4. The lowest BCUT2D eigenvalue weighted by Crippen LogP contribution is -2.43. The largest absolute Gasteiger partial charge is 0.495 e. The van der Waals surface area contributed by atoms with Crippen LogP contribution in [0.2, 0.25) is 5.02 Å². The molecular weight excluding hydrogens is 380 g/mol. The molecule has 0 aliphatic carbocycles. The molecule has 5 nitrogen and oxygen atoms in total. The fourth-order valence-corrected chi connectivity index (χ4v) is 2.77. The van der Waals surface area contributed by atoms with Crippen molar-refractivity contribution < 1.29 is 27.8 Å². The molecule has 0 heterocycles. The summed E-state index contributed by atoms with van der Waals surface area (Å²) < 4.78 is 36.0. The number of rotatable bonds is 7. The first-order valence-corrected chi connectivity index (χ1v) is 8.35. The summed E-state index contributed by atoms with van der Waals surface area (Å²) in [5.74, 6) is -2.73. The molecule has 0 spiro atoms. The zero-order valence-electron chi connectivity index (χ0n) is 14.7. The Hall–Kier alpha value is -2.67. The number of ether oxygens (including phenoxy) is 2. The number of hydrogen-bond donors (Lipinski definition) is 1. The molecule has 1 N–H and O–H groups in total. The molecule has 0 radical (unpaired) electrons. The summed E-state index contributed by atoms with van der Waals surface area (Å²) in [4.78, 5) is 24.2. The van der Waals surface area contributed by atoms with Crippen molar-refractivity contribution in [2.24, 2.45) is 0 Å². The number of carbonyl (C=O) groups excluding carboxylic acids is 2. The molecule has 1 amide bonds. The molecule has 144 valence electrons. The van der Waals surface area contributed by atoms with E-state index < -0.39 is 29.6 Å². The molecule has 0 saturated heterocycles. The van der Waals surface area contributed by atoms with E-state index in [0.717, 1.165) is 12.1 Å². The highest BCUT2D eigenvalue weighted by Gasteiger charge is 2.22. The lowest BCUT2D eigenvalue weighted by atomic mass is 10.0. The Morgan fingerprint density at radius 1 is 1.07 bits per heavy atom. The van der Waals surface area contributed by atoms with E-state index in [1.165, 1.54) is 20.3 Å². The number of benzene rings is 2. The third-order valence-electron chi connectivity index (χ3n) is 3.83. The minimum atomic E-state index is -1.04. The Morgan fingerprint density at radius 2 is 1.78 bits per heavy atom. The van der Waals surface area contributed by atoms with Crippen LogP contribution < -0.4 is 10.1 Å². The van der Waals surface area contributed by atoms with Crippen molar-refractivity contribution in [2.75, 3.05) is 14.2 Å². The summed E-state index contributed by atoms with van der Waals surface area (Å²) >= 11 is 6.07.